The average molecular weight is 511 g/mol. The summed E-state index contributed by atoms with van der Waals surface area (Å²) in [7, 11) is 0. The summed E-state index contributed by atoms with van der Waals surface area (Å²) in [4.78, 5) is 60.8. The number of nitrogens with two attached hydrogens (primary N) is 1. The van der Waals surface area contributed by atoms with Crippen LogP contribution in [0.2, 0.25) is 0 Å². The van der Waals surface area contributed by atoms with Crippen LogP contribution < -0.4 is 21.7 Å². The Morgan fingerprint density at radius 1 is 0.917 bits per heavy atom. The summed E-state index contributed by atoms with van der Waals surface area (Å²) in [6.45, 7) is 2.72. The molecule has 13 heteroatoms. The Balaban J connectivity index is 3.05. The van der Waals surface area contributed by atoms with Gasteiger partial charge in [0, 0.05) is 12.8 Å². The van der Waals surface area contributed by atoms with Crippen LogP contribution in [-0.2, 0) is 30.4 Å². The normalized spacial score (nSPS) is 15.0. The molecule has 1 aromatic rings. The van der Waals surface area contributed by atoms with E-state index in [1.165, 1.54) is 24.3 Å². The summed E-state index contributed by atoms with van der Waals surface area (Å²) in [5, 5.41) is 44.2. The van der Waals surface area contributed by atoms with Crippen molar-refractivity contribution in [2.45, 2.75) is 63.7 Å². The van der Waals surface area contributed by atoms with Crippen molar-refractivity contribution in [1.82, 2.24) is 16.0 Å². The van der Waals surface area contributed by atoms with E-state index in [-0.39, 0.29) is 18.6 Å². The highest BCUT2D eigenvalue weighted by Gasteiger charge is 2.33. The van der Waals surface area contributed by atoms with E-state index in [9.17, 15) is 34.2 Å². The minimum atomic E-state index is -1.36. The Labute approximate surface area is 208 Å². The number of hydrogen-bond acceptors (Lipinski definition) is 8. The van der Waals surface area contributed by atoms with Crippen LogP contribution in [0.25, 0.3) is 0 Å². The minimum absolute atomic E-state index is 0.00121. The first kappa shape index (κ1) is 30.3. The lowest BCUT2D eigenvalue weighted by Crippen LogP contribution is -2.59. The average Bonchev–Trinajstić information content (AvgIpc) is 2.84. The first-order valence-electron chi connectivity index (χ1n) is 11.4. The molecular formula is C23H34N4O9. The maximum Gasteiger partial charge on any atom is 0.326 e. The van der Waals surface area contributed by atoms with E-state index in [2.05, 4.69) is 16.0 Å². The van der Waals surface area contributed by atoms with E-state index in [1.54, 1.807) is 13.8 Å². The number of carbonyl (C=O) groups excluding carboxylic acids is 3. The molecule has 0 aliphatic carbocycles. The first-order chi connectivity index (χ1) is 16.9. The zero-order valence-corrected chi connectivity index (χ0v) is 20.1. The fourth-order valence-electron chi connectivity index (χ4n) is 3.18. The molecule has 0 saturated carbocycles. The summed E-state index contributed by atoms with van der Waals surface area (Å²) in [6.07, 6.45) is -0.437. The second-order valence-electron chi connectivity index (χ2n) is 8.42. The van der Waals surface area contributed by atoms with Gasteiger partial charge in [0.2, 0.25) is 17.7 Å². The van der Waals surface area contributed by atoms with Crippen molar-refractivity contribution in [3.63, 3.8) is 0 Å². The number of carboxylic acids is 2. The third kappa shape index (κ3) is 9.88. The van der Waals surface area contributed by atoms with Crippen molar-refractivity contribution in [3.8, 4) is 5.75 Å². The number of rotatable bonds is 15. The molecule has 0 radical (unpaired) electrons. The number of aliphatic hydroxyl groups excluding tert-OH is 1. The number of phenols is 1. The second kappa shape index (κ2) is 14.6. The van der Waals surface area contributed by atoms with Gasteiger partial charge in [-0.2, -0.15) is 0 Å². The monoisotopic (exact) mass is 510 g/mol. The molecule has 0 saturated heterocycles. The van der Waals surface area contributed by atoms with Crippen molar-refractivity contribution >= 4 is 29.7 Å². The Morgan fingerprint density at radius 2 is 1.50 bits per heavy atom. The highest BCUT2D eigenvalue weighted by atomic mass is 16.4. The number of benzene rings is 1. The van der Waals surface area contributed by atoms with Crippen molar-refractivity contribution in [2.24, 2.45) is 11.7 Å². The standard InChI is InChI=1S/C23H34N4O9/c1-3-12(2)19(22(34)26-17(23(35)36)10-13-4-6-14(29)7-5-13)27-21(33)16(8-9-18(30)31)25-20(32)15(24)11-28/h4-7,12,15-17,19,28-29H,3,8-11,24H2,1-2H3,(H,25,32)(H,26,34)(H,27,33)(H,30,31)(H,35,36). The second-order valence-corrected chi connectivity index (χ2v) is 8.42. The number of aromatic hydroxyl groups is 1. The van der Waals surface area contributed by atoms with Crippen LogP contribution in [0.4, 0.5) is 0 Å². The third-order valence-electron chi connectivity index (χ3n) is 5.60. The summed E-state index contributed by atoms with van der Waals surface area (Å²) in [5.41, 5.74) is 5.99. The number of carboxylic acid groups (broad SMARTS) is 2. The predicted molar refractivity (Wildman–Crippen MR) is 127 cm³/mol. The fourth-order valence-corrected chi connectivity index (χ4v) is 3.18. The van der Waals surface area contributed by atoms with Crippen LogP contribution in [-0.4, -0.2) is 80.9 Å². The summed E-state index contributed by atoms with van der Waals surface area (Å²) >= 11 is 0. The van der Waals surface area contributed by atoms with E-state index >= 15 is 0 Å². The number of aliphatic hydroxyl groups is 1. The Morgan fingerprint density at radius 3 is 2.00 bits per heavy atom. The van der Waals surface area contributed by atoms with Gasteiger partial charge in [0.05, 0.1) is 6.61 Å². The number of hydrogen-bond donors (Lipinski definition) is 8. The number of amides is 3. The maximum absolute atomic E-state index is 13.0. The van der Waals surface area contributed by atoms with Gasteiger partial charge < -0.3 is 42.1 Å². The van der Waals surface area contributed by atoms with Gasteiger partial charge in [-0.25, -0.2) is 4.79 Å². The molecule has 0 heterocycles. The number of nitrogens with one attached hydrogen (secondary N) is 3. The van der Waals surface area contributed by atoms with Crippen LogP contribution in [0.15, 0.2) is 24.3 Å². The highest BCUT2D eigenvalue weighted by Crippen LogP contribution is 2.13. The van der Waals surface area contributed by atoms with Gasteiger partial charge in [0.15, 0.2) is 0 Å². The molecule has 0 spiro atoms. The molecule has 0 aromatic heterocycles. The van der Waals surface area contributed by atoms with Crippen LogP contribution in [0, 0.1) is 5.92 Å². The van der Waals surface area contributed by atoms with Gasteiger partial charge in [-0.3, -0.25) is 19.2 Å². The molecule has 0 aliphatic heterocycles. The van der Waals surface area contributed by atoms with E-state index in [1.807, 2.05) is 0 Å². The fraction of sp³-hybridized carbons (Fsp3) is 0.522. The lowest BCUT2D eigenvalue weighted by Gasteiger charge is -2.28. The van der Waals surface area contributed by atoms with Crippen LogP contribution in [0.1, 0.15) is 38.7 Å². The zero-order valence-electron chi connectivity index (χ0n) is 20.1. The van der Waals surface area contributed by atoms with Crippen LogP contribution >= 0.6 is 0 Å². The summed E-state index contributed by atoms with van der Waals surface area (Å²) in [5.74, 6) is -5.50. The molecule has 5 atom stereocenters. The number of carbonyl (C=O) groups is 5. The minimum Gasteiger partial charge on any atom is -0.508 e. The lowest BCUT2D eigenvalue weighted by molar-refractivity contribution is -0.142. The smallest absolute Gasteiger partial charge is 0.326 e. The Bertz CT molecular complexity index is 923. The van der Waals surface area contributed by atoms with Gasteiger partial charge in [-0.1, -0.05) is 32.4 Å². The maximum atomic E-state index is 13.0. The van der Waals surface area contributed by atoms with Gasteiger partial charge in [0.25, 0.3) is 0 Å². The summed E-state index contributed by atoms with van der Waals surface area (Å²) < 4.78 is 0. The molecule has 36 heavy (non-hydrogen) atoms. The quantitative estimate of drug-likeness (QED) is 0.139. The predicted octanol–water partition coefficient (Wildman–Crippen LogP) is -1.30. The van der Waals surface area contributed by atoms with Crippen molar-refractivity contribution in [1.29, 1.82) is 0 Å². The molecule has 200 valence electrons. The SMILES string of the molecule is CCC(C)C(NC(=O)C(CCC(=O)O)NC(=O)C(N)CO)C(=O)NC(Cc1ccc(O)cc1)C(=O)O. The van der Waals surface area contributed by atoms with Crippen LogP contribution in [0.3, 0.4) is 0 Å². The zero-order chi connectivity index (χ0) is 27.4. The topological polar surface area (TPSA) is 228 Å². The van der Waals surface area contributed by atoms with Gasteiger partial charge in [-0.05, 0) is 30.0 Å². The Hall–Kier alpha value is -3.71. The molecule has 0 bridgehead atoms. The van der Waals surface area contributed by atoms with Crippen LogP contribution in [0.5, 0.6) is 5.75 Å². The Kier molecular flexibility index (Phi) is 12.3. The van der Waals surface area contributed by atoms with Gasteiger partial charge in [-0.15, -0.1) is 0 Å². The third-order valence-corrected chi connectivity index (χ3v) is 5.60. The van der Waals surface area contributed by atoms with Crippen molar-refractivity contribution < 1.29 is 44.4 Å². The molecular weight excluding hydrogens is 476 g/mol. The van der Waals surface area contributed by atoms with E-state index in [0.717, 1.165) is 0 Å². The molecule has 1 aromatic carbocycles. The molecule has 5 unspecified atom stereocenters. The van der Waals surface area contributed by atoms with E-state index in [4.69, 9.17) is 15.9 Å². The molecule has 9 N–H and O–H groups in total. The lowest BCUT2D eigenvalue weighted by atomic mass is 9.96. The number of aliphatic carboxylic acids is 2. The summed E-state index contributed by atoms with van der Waals surface area (Å²) in [6, 6.07) is 0.554. The van der Waals surface area contributed by atoms with Gasteiger partial charge in [0.1, 0.15) is 29.9 Å². The molecule has 3 amide bonds. The number of phenolic OH excluding ortho intramolecular Hbond substituents is 1. The van der Waals surface area contributed by atoms with E-state index in [0.29, 0.717) is 12.0 Å². The van der Waals surface area contributed by atoms with Crippen molar-refractivity contribution in [3.05, 3.63) is 29.8 Å². The molecule has 0 fully saturated rings. The highest BCUT2D eigenvalue weighted by molar-refractivity contribution is 5.94. The molecule has 1 rings (SSSR count). The van der Waals surface area contributed by atoms with Gasteiger partial charge >= 0.3 is 11.9 Å². The van der Waals surface area contributed by atoms with Crippen molar-refractivity contribution in [2.75, 3.05) is 6.61 Å². The first-order valence-corrected chi connectivity index (χ1v) is 11.4. The largest absolute Gasteiger partial charge is 0.508 e. The molecule has 0 aliphatic rings. The molecule has 13 nitrogen and oxygen atoms in total. The van der Waals surface area contributed by atoms with E-state index < -0.39 is 72.8 Å².